The highest BCUT2D eigenvalue weighted by molar-refractivity contribution is 5.94. The summed E-state index contributed by atoms with van der Waals surface area (Å²) in [7, 11) is 0. The summed E-state index contributed by atoms with van der Waals surface area (Å²) in [4.78, 5) is 10.8. The van der Waals surface area contributed by atoms with Gasteiger partial charge in [0.15, 0.2) is 5.65 Å². The molecule has 0 spiro atoms. The van der Waals surface area contributed by atoms with Crippen LogP contribution in [-0.2, 0) is 0 Å². The second-order valence-corrected chi connectivity index (χ2v) is 2.25. The zero-order valence-electron chi connectivity index (χ0n) is 6.10. The molecule has 0 saturated carbocycles. The molecule has 0 unspecified atom stereocenters. The molecule has 2 rings (SSSR count). The number of nitrogens with zero attached hydrogens (tertiary/aromatic N) is 3. The Labute approximate surface area is 67.8 Å². The number of aromatic nitrogens is 3. The van der Waals surface area contributed by atoms with Crippen LogP contribution in [0.3, 0.4) is 0 Å². The summed E-state index contributed by atoms with van der Waals surface area (Å²) >= 11 is 0. The van der Waals surface area contributed by atoms with Crippen molar-refractivity contribution in [1.82, 2.24) is 15.0 Å². The summed E-state index contributed by atoms with van der Waals surface area (Å²) in [5, 5.41) is 11.3. The highest BCUT2D eigenvalue weighted by atomic mass is 16.4. The van der Waals surface area contributed by atoms with E-state index in [4.69, 9.17) is 5.21 Å². The summed E-state index contributed by atoms with van der Waals surface area (Å²) in [5.74, 6) is 0. The number of fused-ring (bicyclic) bond motifs is 1. The normalized spacial score (nSPS) is 11.3. The molecule has 0 aromatic carbocycles. The van der Waals surface area contributed by atoms with Crippen LogP contribution in [-0.4, -0.2) is 26.4 Å². The number of rotatable bonds is 1. The number of nitrogens with one attached hydrogen (secondary N) is 1. The Morgan fingerprint density at radius 2 is 2.42 bits per heavy atom. The molecule has 0 fully saturated rings. The fourth-order valence-electron chi connectivity index (χ4n) is 1.04. The predicted octanol–water partition coefficient (Wildman–Crippen LogP) is 0.766. The third-order valence-corrected chi connectivity index (χ3v) is 1.56. The lowest BCUT2D eigenvalue weighted by Gasteiger charge is -1.91. The van der Waals surface area contributed by atoms with E-state index >= 15 is 0 Å². The molecule has 5 nitrogen and oxygen atoms in total. The van der Waals surface area contributed by atoms with Gasteiger partial charge in [0, 0.05) is 11.8 Å². The van der Waals surface area contributed by atoms with E-state index in [-0.39, 0.29) is 0 Å². The van der Waals surface area contributed by atoms with Crippen LogP contribution >= 0.6 is 0 Å². The van der Waals surface area contributed by atoms with Gasteiger partial charge in [0.2, 0.25) is 0 Å². The second-order valence-electron chi connectivity index (χ2n) is 2.25. The molecule has 0 aliphatic rings. The molecule has 5 heteroatoms. The fraction of sp³-hybridized carbons (Fsp3) is 0. The van der Waals surface area contributed by atoms with Crippen LogP contribution in [0.4, 0.5) is 0 Å². The minimum Gasteiger partial charge on any atom is -0.411 e. The molecule has 0 radical (unpaired) electrons. The minimum absolute atomic E-state index is 0.618. The quantitative estimate of drug-likeness (QED) is 0.369. The molecule has 2 aromatic heterocycles. The molecule has 0 saturated heterocycles. The summed E-state index contributed by atoms with van der Waals surface area (Å²) in [6, 6.07) is 1.74. The third kappa shape index (κ3) is 0.914. The molecule has 2 aromatic rings. The van der Waals surface area contributed by atoms with Crippen molar-refractivity contribution in [2.24, 2.45) is 5.16 Å². The fourth-order valence-corrected chi connectivity index (χ4v) is 1.04. The molecule has 0 bridgehead atoms. The Balaban J connectivity index is 2.73. The van der Waals surface area contributed by atoms with Crippen molar-refractivity contribution in [3.8, 4) is 0 Å². The van der Waals surface area contributed by atoms with Gasteiger partial charge >= 0.3 is 0 Å². The van der Waals surface area contributed by atoms with E-state index in [0.717, 1.165) is 11.1 Å². The van der Waals surface area contributed by atoms with Crippen LogP contribution in [0.15, 0.2) is 23.7 Å². The lowest BCUT2D eigenvalue weighted by molar-refractivity contribution is 0.322. The molecular formula is C7H6N4O. The maximum Gasteiger partial charge on any atom is 0.178 e. The predicted molar refractivity (Wildman–Crippen MR) is 43.3 cm³/mol. The Bertz CT molecular complexity index is 420. The Kier molecular flexibility index (Phi) is 1.48. The van der Waals surface area contributed by atoms with Gasteiger partial charge in [0.1, 0.15) is 0 Å². The lowest BCUT2D eigenvalue weighted by atomic mass is 10.2. The van der Waals surface area contributed by atoms with E-state index in [1.165, 1.54) is 6.21 Å². The van der Waals surface area contributed by atoms with E-state index in [2.05, 4.69) is 20.1 Å². The summed E-state index contributed by atoms with van der Waals surface area (Å²) in [6.07, 6.45) is 4.49. The number of aromatic amines is 1. The third-order valence-electron chi connectivity index (χ3n) is 1.56. The first-order valence-electron chi connectivity index (χ1n) is 3.37. The van der Waals surface area contributed by atoms with E-state index < -0.39 is 0 Å². The molecule has 0 atom stereocenters. The van der Waals surface area contributed by atoms with Crippen molar-refractivity contribution in [3.63, 3.8) is 0 Å². The molecule has 0 amide bonds. The lowest BCUT2D eigenvalue weighted by Crippen LogP contribution is -1.85. The second kappa shape index (κ2) is 2.61. The first-order valence-corrected chi connectivity index (χ1v) is 3.37. The number of imidazole rings is 1. The van der Waals surface area contributed by atoms with Gasteiger partial charge in [-0.05, 0) is 6.07 Å². The van der Waals surface area contributed by atoms with Crippen molar-refractivity contribution >= 4 is 17.4 Å². The molecule has 2 N–H and O–H groups in total. The smallest absolute Gasteiger partial charge is 0.178 e. The molecule has 2 heterocycles. The van der Waals surface area contributed by atoms with Gasteiger partial charge in [-0.3, -0.25) is 0 Å². The molecule has 0 aliphatic heterocycles. The van der Waals surface area contributed by atoms with Gasteiger partial charge in [-0.1, -0.05) is 5.16 Å². The monoisotopic (exact) mass is 162 g/mol. The van der Waals surface area contributed by atoms with Crippen LogP contribution in [0.2, 0.25) is 0 Å². The van der Waals surface area contributed by atoms with Crippen LogP contribution < -0.4 is 0 Å². The van der Waals surface area contributed by atoms with Crippen molar-refractivity contribution in [2.75, 3.05) is 0 Å². The van der Waals surface area contributed by atoms with Gasteiger partial charge in [0.25, 0.3) is 0 Å². The summed E-state index contributed by atoms with van der Waals surface area (Å²) < 4.78 is 0. The first-order chi connectivity index (χ1) is 5.92. The standard InChI is InChI=1S/C7H6N4O/c12-11-3-5-1-2-8-7-6(5)9-4-10-7/h1-4,12H,(H,8,9,10)/b11-3+. The highest BCUT2D eigenvalue weighted by Crippen LogP contribution is 2.08. The van der Waals surface area contributed by atoms with Crippen LogP contribution in [0, 0.1) is 0 Å². The zero-order chi connectivity index (χ0) is 8.39. The largest absolute Gasteiger partial charge is 0.411 e. The first kappa shape index (κ1) is 6.78. The number of pyridine rings is 1. The van der Waals surface area contributed by atoms with Crippen LogP contribution in [0.5, 0.6) is 0 Å². The van der Waals surface area contributed by atoms with E-state index in [9.17, 15) is 0 Å². The van der Waals surface area contributed by atoms with Gasteiger partial charge in [-0.2, -0.15) is 0 Å². The summed E-state index contributed by atoms with van der Waals surface area (Å²) in [5.41, 5.74) is 2.16. The van der Waals surface area contributed by atoms with Crippen molar-refractivity contribution < 1.29 is 5.21 Å². The topological polar surface area (TPSA) is 74.2 Å². The van der Waals surface area contributed by atoms with Gasteiger partial charge in [-0.15, -0.1) is 0 Å². The number of H-pyrrole nitrogens is 1. The van der Waals surface area contributed by atoms with E-state index in [1.54, 1.807) is 18.6 Å². The maximum absolute atomic E-state index is 8.33. The molecule has 0 aliphatic carbocycles. The van der Waals surface area contributed by atoms with Crippen LogP contribution in [0.25, 0.3) is 11.2 Å². The number of hydrogen-bond donors (Lipinski definition) is 2. The Morgan fingerprint density at radius 3 is 3.25 bits per heavy atom. The number of hydrogen-bond acceptors (Lipinski definition) is 4. The Morgan fingerprint density at radius 1 is 1.50 bits per heavy atom. The Hall–Kier alpha value is -1.91. The van der Waals surface area contributed by atoms with E-state index in [1.807, 2.05) is 0 Å². The maximum atomic E-state index is 8.33. The van der Waals surface area contributed by atoms with Gasteiger partial charge in [0.05, 0.1) is 18.1 Å². The minimum atomic E-state index is 0.618. The molecule has 12 heavy (non-hydrogen) atoms. The average molecular weight is 162 g/mol. The van der Waals surface area contributed by atoms with Gasteiger partial charge in [-0.25, -0.2) is 9.97 Å². The number of oxime groups is 1. The van der Waals surface area contributed by atoms with E-state index in [0.29, 0.717) is 5.65 Å². The molecule has 60 valence electrons. The summed E-state index contributed by atoms with van der Waals surface area (Å²) in [6.45, 7) is 0. The van der Waals surface area contributed by atoms with Crippen molar-refractivity contribution in [2.45, 2.75) is 0 Å². The zero-order valence-corrected chi connectivity index (χ0v) is 6.10. The van der Waals surface area contributed by atoms with Crippen molar-refractivity contribution in [1.29, 1.82) is 0 Å². The SMILES string of the molecule is O/N=C/c1ccnc2nc[nH]c12. The van der Waals surface area contributed by atoms with Crippen LogP contribution in [0.1, 0.15) is 5.56 Å². The molecular weight excluding hydrogens is 156 g/mol. The van der Waals surface area contributed by atoms with Crippen molar-refractivity contribution in [3.05, 3.63) is 24.2 Å². The van der Waals surface area contributed by atoms with Gasteiger partial charge < -0.3 is 10.2 Å². The average Bonchev–Trinajstić information content (AvgIpc) is 2.53. The highest BCUT2D eigenvalue weighted by Gasteiger charge is 2.00.